The molecule has 1 N–H and O–H groups in total. The lowest BCUT2D eigenvalue weighted by Gasteiger charge is -2.70. The Morgan fingerprint density at radius 2 is 1.88 bits per heavy atom. The summed E-state index contributed by atoms with van der Waals surface area (Å²) >= 11 is 0. The fraction of sp³-hybridized carbons (Fsp3) is 0.417. The van der Waals surface area contributed by atoms with Crippen molar-refractivity contribution in [2.24, 2.45) is 0 Å². The second-order valence-corrected chi connectivity index (χ2v) is 8.58. The Kier molecular flexibility index (Phi) is 5.74. The summed E-state index contributed by atoms with van der Waals surface area (Å²) in [7, 11) is 0. The highest BCUT2D eigenvalue weighted by molar-refractivity contribution is 5.75. The lowest BCUT2D eigenvalue weighted by Crippen LogP contribution is -2.85. The molecule has 2 fully saturated rings. The number of nitrogens with zero attached hydrogens (tertiary/aromatic N) is 3. The van der Waals surface area contributed by atoms with Gasteiger partial charge in [0.1, 0.15) is 0 Å². The molecule has 0 bridgehead atoms. The monoisotopic (exact) mass is 443 g/mol. The third kappa shape index (κ3) is 3.87. The van der Waals surface area contributed by atoms with Gasteiger partial charge in [-0.05, 0) is 28.8 Å². The third-order valence-corrected chi connectivity index (χ3v) is 6.73. The van der Waals surface area contributed by atoms with Gasteiger partial charge in [0.25, 0.3) is 0 Å². The van der Waals surface area contributed by atoms with E-state index >= 15 is 0 Å². The average Bonchev–Trinajstić information content (AvgIpc) is 2.71. The van der Waals surface area contributed by atoms with Crippen molar-refractivity contribution in [3.05, 3.63) is 59.7 Å². The SMILES string of the molecule is CC(=O)N1CC2(C1)[C@H](c1ccc(-c3cccc(C#N)c3)cc1)[C@H](CO)N2CCC(F)(F)F. The predicted octanol–water partition coefficient (Wildman–Crippen LogP) is 3.54. The van der Waals surface area contributed by atoms with E-state index in [-0.39, 0.29) is 25.0 Å². The number of aliphatic hydroxyl groups excluding tert-OH is 1. The van der Waals surface area contributed by atoms with Crippen LogP contribution in [0.1, 0.15) is 30.4 Å². The van der Waals surface area contributed by atoms with Crippen LogP contribution in [0.2, 0.25) is 0 Å². The Hall–Kier alpha value is -2.89. The second kappa shape index (κ2) is 8.23. The van der Waals surface area contributed by atoms with E-state index in [9.17, 15) is 23.1 Å². The van der Waals surface area contributed by atoms with E-state index in [1.807, 2.05) is 36.4 Å². The van der Waals surface area contributed by atoms with Crippen LogP contribution in [0.5, 0.6) is 0 Å². The maximum Gasteiger partial charge on any atom is 0.390 e. The van der Waals surface area contributed by atoms with Crippen molar-refractivity contribution in [1.82, 2.24) is 9.80 Å². The predicted molar refractivity (Wildman–Crippen MR) is 113 cm³/mol. The van der Waals surface area contributed by atoms with Crippen LogP contribution in [0.25, 0.3) is 11.1 Å². The van der Waals surface area contributed by atoms with Gasteiger partial charge in [-0.2, -0.15) is 18.4 Å². The minimum atomic E-state index is -4.28. The Balaban J connectivity index is 1.60. The van der Waals surface area contributed by atoms with Gasteiger partial charge in [0.05, 0.1) is 30.2 Å². The molecular weight excluding hydrogens is 419 g/mol. The maximum absolute atomic E-state index is 12.9. The second-order valence-electron chi connectivity index (χ2n) is 8.58. The molecule has 2 aromatic rings. The number of amides is 1. The Morgan fingerprint density at radius 3 is 2.44 bits per heavy atom. The standard InChI is InChI=1S/C24H24F3N3O2/c1-16(32)29-14-23(15-29)22(21(13-31)30(23)10-9-24(25,26)27)19-7-5-18(6-8-19)20-4-2-3-17(11-20)12-28/h2-8,11,21-22,31H,9-10,13-15H2,1H3/t21-,22+/m0/s1. The van der Waals surface area contributed by atoms with Gasteiger partial charge in [0.15, 0.2) is 0 Å². The van der Waals surface area contributed by atoms with E-state index in [2.05, 4.69) is 6.07 Å². The number of nitriles is 1. The number of carbonyl (C=O) groups is 1. The molecular formula is C24H24F3N3O2. The lowest BCUT2D eigenvalue weighted by atomic mass is 9.60. The van der Waals surface area contributed by atoms with E-state index in [0.29, 0.717) is 18.7 Å². The summed E-state index contributed by atoms with van der Waals surface area (Å²) in [6, 6.07) is 16.7. The highest BCUT2D eigenvalue weighted by atomic mass is 19.4. The average molecular weight is 443 g/mol. The summed E-state index contributed by atoms with van der Waals surface area (Å²) in [6.45, 7) is 1.71. The van der Waals surface area contributed by atoms with Crippen LogP contribution < -0.4 is 0 Å². The molecule has 8 heteroatoms. The number of rotatable bonds is 5. The van der Waals surface area contributed by atoms with Crippen molar-refractivity contribution < 1.29 is 23.1 Å². The summed E-state index contributed by atoms with van der Waals surface area (Å²) in [5.74, 6) is -0.277. The topological polar surface area (TPSA) is 67.6 Å². The van der Waals surface area contributed by atoms with Gasteiger partial charge in [-0.3, -0.25) is 9.69 Å². The molecule has 2 heterocycles. The van der Waals surface area contributed by atoms with Gasteiger partial charge in [-0.15, -0.1) is 0 Å². The Bertz CT molecular complexity index is 1040. The van der Waals surface area contributed by atoms with Crippen molar-refractivity contribution in [3.63, 3.8) is 0 Å². The molecule has 2 saturated heterocycles. The molecule has 0 aromatic heterocycles. The fourth-order valence-electron chi connectivity index (χ4n) is 5.20. The molecule has 0 saturated carbocycles. The van der Waals surface area contributed by atoms with Crippen molar-refractivity contribution in [2.75, 3.05) is 26.2 Å². The van der Waals surface area contributed by atoms with Crippen molar-refractivity contribution in [2.45, 2.75) is 37.0 Å². The number of hydrogen-bond donors (Lipinski definition) is 1. The maximum atomic E-state index is 12.9. The molecule has 2 atom stereocenters. The van der Waals surface area contributed by atoms with Gasteiger partial charge in [-0.1, -0.05) is 36.4 Å². The normalized spacial score (nSPS) is 22.2. The van der Waals surface area contributed by atoms with Crippen LogP contribution in [-0.4, -0.2) is 64.8 Å². The van der Waals surface area contributed by atoms with Crippen LogP contribution in [0, 0.1) is 11.3 Å². The number of benzene rings is 2. The molecule has 168 valence electrons. The molecule has 2 aliphatic heterocycles. The fourth-order valence-corrected chi connectivity index (χ4v) is 5.20. The van der Waals surface area contributed by atoms with Crippen molar-refractivity contribution in [1.29, 1.82) is 5.26 Å². The summed E-state index contributed by atoms with van der Waals surface area (Å²) < 4.78 is 38.7. The van der Waals surface area contributed by atoms with Crippen LogP contribution >= 0.6 is 0 Å². The minimum Gasteiger partial charge on any atom is -0.395 e. The molecule has 32 heavy (non-hydrogen) atoms. The van der Waals surface area contributed by atoms with Gasteiger partial charge >= 0.3 is 6.18 Å². The van der Waals surface area contributed by atoms with Crippen molar-refractivity contribution in [3.8, 4) is 17.2 Å². The molecule has 4 rings (SSSR count). The molecule has 5 nitrogen and oxygen atoms in total. The number of carbonyl (C=O) groups excluding carboxylic acids is 1. The molecule has 0 unspecified atom stereocenters. The van der Waals surface area contributed by atoms with Gasteiger partial charge in [0.2, 0.25) is 5.91 Å². The first kappa shape index (κ1) is 22.3. The zero-order valence-corrected chi connectivity index (χ0v) is 17.6. The Morgan fingerprint density at radius 1 is 1.19 bits per heavy atom. The van der Waals surface area contributed by atoms with E-state index in [1.165, 1.54) is 6.92 Å². The van der Waals surface area contributed by atoms with Crippen LogP contribution in [0.4, 0.5) is 13.2 Å². The first-order valence-corrected chi connectivity index (χ1v) is 10.5. The first-order chi connectivity index (χ1) is 15.2. The number of halogens is 3. The smallest absolute Gasteiger partial charge is 0.390 e. The van der Waals surface area contributed by atoms with Gasteiger partial charge < -0.3 is 10.0 Å². The van der Waals surface area contributed by atoms with Crippen molar-refractivity contribution >= 4 is 5.91 Å². The van der Waals surface area contributed by atoms with Gasteiger partial charge in [-0.25, -0.2) is 0 Å². The number of likely N-dealkylation sites (tertiary alicyclic amines) is 2. The van der Waals surface area contributed by atoms with Gasteiger partial charge in [0, 0.05) is 38.5 Å². The number of alkyl halides is 3. The zero-order chi connectivity index (χ0) is 23.1. The first-order valence-electron chi connectivity index (χ1n) is 10.5. The van der Waals surface area contributed by atoms with Crippen LogP contribution in [0.15, 0.2) is 48.5 Å². The number of hydrogen-bond acceptors (Lipinski definition) is 4. The van der Waals surface area contributed by atoms with E-state index in [4.69, 9.17) is 5.26 Å². The largest absolute Gasteiger partial charge is 0.395 e. The van der Waals surface area contributed by atoms with Crippen LogP contribution in [-0.2, 0) is 4.79 Å². The summed E-state index contributed by atoms with van der Waals surface area (Å²) in [4.78, 5) is 15.1. The molecule has 0 aliphatic carbocycles. The van der Waals surface area contributed by atoms with E-state index in [1.54, 1.807) is 21.9 Å². The van der Waals surface area contributed by atoms with E-state index < -0.39 is 24.2 Å². The third-order valence-electron chi connectivity index (χ3n) is 6.73. The number of aliphatic hydroxyl groups is 1. The Labute approximate surface area is 184 Å². The van der Waals surface area contributed by atoms with Crippen LogP contribution in [0.3, 0.4) is 0 Å². The highest BCUT2D eigenvalue weighted by Gasteiger charge is 2.66. The minimum absolute atomic E-state index is 0.106. The highest BCUT2D eigenvalue weighted by Crippen LogP contribution is 2.54. The lowest BCUT2D eigenvalue weighted by molar-refractivity contribution is -0.209. The molecule has 0 radical (unpaired) electrons. The molecule has 1 amide bonds. The summed E-state index contributed by atoms with van der Waals surface area (Å²) in [5, 5.41) is 19.1. The quantitative estimate of drug-likeness (QED) is 0.768. The summed E-state index contributed by atoms with van der Waals surface area (Å²) in [5.41, 5.74) is 2.72. The van der Waals surface area contributed by atoms with E-state index in [0.717, 1.165) is 16.7 Å². The summed E-state index contributed by atoms with van der Waals surface area (Å²) in [6.07, 6.45) is -5.23. The zero-order valence-electron chi connectivity index (χ0n) is 17.6. The molecule has 1 spiro atoms. The molecule has 2 aromatic carbocycles. The molecule has 2 aliphatic rings.